The average molecular weight is 137 g/mol. The maximum Gasteiger partial charge on any atom is 0.0535 e. The van der Waals surface area contributed by atoms with E-state index in [0.717, 1.165) is 18.5 Å². The molecule has 0 unspecified atom stereocenters. The Hall–Kier alpha value is -0.940. The molecule has 0 fully saturated rings. The van der Waals surface area contributed by atoms with E-state index in [9.17, 15) is 0 Å². The molecule has 1 heteroatoms. The predicted octanol–water partition coefficient (Wildman–Crippen LogP) is 2.23. The van der Waals surface area contributed by atoms with Gasteiger partial charge in [0.1, 0.15) is 0 Å². The largest absolute Gasteiger partial charge is 0.385 e. The summed E-state index contributed by atoms with van der Waals surface area (Å²) in [5.41, 5.74) is 4.22. The summed E-state index contributed by atoms with van der Waals surface area (Å²) < 4.78 is 0. The first kappa shape index (κ1) is 9.06. The first-order valence-electron chi connectivity index (χ1n) is 3.59. The molecule has 0 aliphatic carbocycles. The first-order valence-corrected chi connectivity index (χ1v) is 3.59. The van der Waals surface area contributed by atoms with Crippen LogP contribution in [0.2, 0.25) is 0 Å². The lowest BCUT2D eigenvalue weighted by Crippen LogP contribution is -2.03. The summed E-state index contributed by atoms with van der Waals surface area (Å²) in [6.45, 7) is 5.71. The van der Waals surface area contributed by atoms with Gasteiger partial charge in [0, 0.05) is 7.05 Å². The first-order chi connectivity index (χ1) is 4.85. The second kappa shape index (κ2) is 6.18. The monoisotopic (exact) mass is 137 g/mol. The summed E-state index contributed by atoms with van der Waals surface area (Å²) in [4.78, 5) is 0. The highest BCUT2D eigenvalue weighted by molar-refractivity contribution is 5.04. The molecule has 56 valence electrons. The summed E-state index contributed by atoms with van der Waals surface area (Å²) in [6.07, 6.45) is 5.75. The van der Waals surface area contributed by atoms with Gasteiger partial charge in [-0.15, -0.1) is 0 Å². The van der Waals surface area contributed by atoms with Crippen LogP contribution in [0.5, 0.6) is 0 Å². The molecule has 0 heterocycles. The van der Waals surface area contributed by atoms with Gasteiger partial charge in [-0.05, 0) is 12.5 Å². The van der Waals surface area contributed by atoms with E-state index >= 15 is 0 Å². The molecular weight excluding hydrogens is 122 g/mol. The van der Waals surface area contributed by atoms with Crippen molar-refractivity contribution in [2.45, 2.75) is 19.8 Å². The number of hydrogen-bond donors (Lipinski definition) is 1. The van der Waals surface area contributed by atoms with Crippen molar-refractivity contribution >= 4 is 0 Å². The van der Waals surface area contributed by atoms with Gasteiger partial charge in [0.05, 0.1) is 5.70 Å². The van der Waals surface area contributed by atoms with Crippen LogP contribution < -0.4 is 5.32 Å². The lowest BCUT2D eigenvalue weighted by molar-refractivity contribution is 0.819. The molecular formula is C9H15N. The average Bonchev–Trinajstić information content (AvgIpc) is 1.98. The van der Waals surface area contributed by atoms with Gasteiger partial charge in [-0.3, -0.25) is 0 Å². The van der Waals surface area contributed by atoms with Crippen LogP contribution in [0, 0.1) is 0 Å². The van der Waals surface area contributed by atoms with Gasteiger partial charge in [0.15, 0.2) is 0 Å². The summed E-state index contributed by atoms with van der Waals surface area (Å²) in [5.74, 6) is 0. The zero-order valence-corrected chi connectivity index (χ0v) is 6.78. The number of allylic oxidation sites excluding steroid dienone is 2. The Morgan fingerprint density at radius 3 is 2.80 bits per heavy atom. The van der Waals surface area contributed by atoms with E-state index in [0.29, 0.717) is 0 Å². The smallest absolute Gasteiger partial charge is 0.0535 e. The van der Waals surface area contributed by atoms with Crippen molar-refractivity contribution in [2.24, 2.45) is 0 Å². The lowest BCUT2D eigenvalue weighted by Gasteiger charge is -1.98. The number of hydrogen-bond acceptors (Lipinski definition) is 1. The molecule has 0 amide bonds. The zero-order valence-electron chi connectivity index (χ0n) is 6.78. The van der Waals surface area contributed by atoms with Gasteiger partial charge in [0.2, 0.25) is 0 Å². The fourth-order valence-electron chi connectivity index (χ4n) is 0.679. The van der Waals surface area contributed by atoms with Gasteiger partial charge in [-0.1, -0.05) is 31.7 Å². The SMILES string of the molecule is C=CC=C=C(CCC)NC. The molecule has 0 aliphatic rings. The van der Waals surface area contributed by atoms with E-state index in [2.05, 4.69) is 24.6 Å². The minimum atomic E-state index is 1.06. The van der Waals surface area contributed by atoms with Crippen LogP contribution in [0.4, 0.5) is 0 Å². The van der Waals surface area contributed by atoms with Crippen molar-refractivity contribution < 1.29 is 0 Å². The third kappa shape index (κ3) is 3.99. The Morgan fingerprint density at radius 1 is 1.70 bits per heavy atom. The van der Waals surface area contributed by atoms with Crippen molar-refractivity contribution in [2.75, 3.05) is 7.05 Å². The van der Waals surface area contributed by atoms with Crippen molar-refractivity contribution in [1.82, 2.24) is 5.32 Å². The topological polar surface area (TPSA) is 12.0 Å². The Morgan fingerprint density at radius 2 is 2.40 bits per heavy atom. The fraction of sp³-hybridized carbons (Fsp3) is 0.444. The van der Waals surface area contributed by atoms with Crippen LogP contribution >= 0.6 is 0 Å². The van der Waals surface area contributed by atoms with E-state index < -0.39 is 0 Å². The summed E-state index contributed by atoms with van der Waals surface area (Å²) in [7, 11) is 1.91. The van der Waals surface area contributed by atoms with Crippen molar-refractivity contribution in [3.63, 3.8) is 0 Å². The van der Waals surface area contributed by atoms with Crippen LogP contribution in [-0.2, 0) is 0 Å². The number of rotatable bonds is 4. The van der Waals surface area contributed by atoms with Gasteiger partial charge < -0.3 is 5.32 Å². The van der Waals surface area contributed by atoms with Crippen LogP contribution in [0.15, 0.2) is 30.2 Å². The minimum Gasteiger partial charge on any atom is -0.385 e. The van der Waals surface area contributed by atoms with Crippen molar-refractivity contribution in [3.8, 4) is 0 Å². The third-order valence-electron chi connectivity index (χ3n) is 1.18. The summed E-state index contributed by atoms with van der Waals surface area (Å²) in [6, 6.07) is 0. The Bertz CT molecular complexity index is 150. The van der Waals surface area contributed by atoms with E-state index in [1.165, 1.54) is 0 Å². The second-order valence-electron chi connectivity index (χ2n) is 2.03. The Kier molecular flexibility index (Phi) is 5.60. The maximum atomic E-state index is 3.57. The molecule has 0 aromatic rings. The highest BCUT2D eigenvalue weighted by atomic mass is 14.8. The molecule has 0 saturated carbocycles. The van der Waals surface area contributed by atoms with E-state index in [1.807, 2.05) is 13.1 Å². The Balaban J connectivity index is 4.02. The summed E-state index contributed by atoms with van der Waals surface area (Å²) in [5, 5.41) is 3.06. The molecule has 10 heavy (non-hydrogen) atoms. The van der Waals surface area contributed by atoms with Crippen molar-refractivity contribution in [3.05, 3.63) is 30.2 Å². The van der Waals surface area contributed by atoms with E-state index in [-0.39, 0.29) is 0 Å². The zero-order chi connectivity index (χ0) is 7.82. The molecule has 0 spiro atoms. The molecule has 0 aromatic heterocycles. The minimum absolute atomic E-state index is 1.06. The quantitative estimate of drug-likeness (QED) is 0.463. The van der Waals surface area contributed by atoms with Crippen LogP contribution in [0.1, 0.15) is 19.8 Å². The molecule has 1 N–H and O–H groups in total. The van der Waals surface area contributed by atoms with Crippen LogP contribution in [0.25, 0.3) is 0 Å². The van der Waals surface area contributed by atoms with Gasteiger partial charge in [-0.2, -0.15) is 0 Å². The van der Waals surface area contributed by atoms with Gasteiger partial charge in [0.25, 0.3) is 0 Å². The molecule has 0 saturated heterocycles. The molecule has 0 bridgehead atoms. The second-order valence-corrected chi connectivity index (χ2v) is 2.03. The highest BCUT2D eigenvalue weighted by Crippen LogP contribution is 1.96. The van der Waals surface area contributed by atoms with Crippen molar-refractivity contribution in [1.29, 1.82) is 0 Å². The molecule has 0 rings (SSSR count). The maximum absolute atomic E-state index is 3.57. The van der Waals surface area contributed by atoms with Crippen LogP contribution in [-0.4, -0.2) is 7.05 Å². The van der Waals surface area contributed by atoms with E-state index in [1.54, 1.807) is 6.08 Å². The molecule has 1 nitrogen and oxygen atoms in total. The molecule has 0 aromatic carbocycles. The summed E-state index contributed by atoms with van der Waals surface area (Å²) >= 11 is 0. The number of nitrogens with one attached hydrogen (secondary N) is 1. The molecule has 0 atom stereocenters. The highest BCUT2D eigenvalue weighted by Gasteiger charge is 1.85. The van der Waals surface area contributed by atoms with E-state index in [4.69, 9.17) is 0 Å². The third-order valence-corrected chi connectivity index (χ3v) is 1.18. The molecule has 0 radical (unpaired) electrons. The van der Waals surface area contributed by atoms with Gasteiger partial charge in [-0.25, -0.2) is 0 Å². The van der Waals surface area contributed by atoms with Crippen LogP contribution in [0.3, 0.4) is 0 Å². The molecule has 0 aliphatic heterocycles. The normalized spacial score (nSPS) is 7.80. The Labute approximate surface area is 63.1 Å². The lowest BCUT2D eigenvalue weighted by atomic mass is 10.2. The standard InChI is InChI=1S/C9H15N/c1-4-6-8-9(10-3)7-5-2/h4,6,10H,1,5,7H2,2-3H3. The van der Waals surface area contributed by atoms with Gasteiger partial charge >= 0.3 is 0 Å². The predicted molar refractivity (Wildman–Crippen MR) is 45.8 cm³/mol. The fourth-order valence-corrected chi connectivity index (χ4v) is 0.679.